The average Bonchev–Trinajstić information content (AvgIpc) is 2.43. The molecule has 3 N–H and O–H groups in total. The number of para-hydroxylation sites is 1. The Kier molecular flexibility index (Phi) is 5.32. The van der Waals surface area contributed by atoms with Crippen LogP contribution in [0.25, 0.3) is 0 Å². The summed E-state index contributed by atoms with van der Waals surface area (Å²) in [4.78, 5) is 24.3. The van der Waals surface area contributed by atoms with Crippen LogP contribution in [0.4, 0.5) is 0 Å². The molecule has 6 heteroatoms. The number of hydrogen-bond acceptors (Lipinski definition) is 4. The minimum absolute atomic E-state index is 0.125. The molecule has 19 heavy (non-hydrogen) atoms. The summed E-state index contributed by atoms with van der Waals surface area (Å²) in [5.74, 6) is -0.630. The van der Waals surface area contributed by atoms with Crippen molar-refractivity contribution in [2.24, 2.45) is 5.73 Å². The number of benzene rings is 1. The summed E-state index contributed by atoms with van der Waals surface area (Å²) >= 11 is 0. The van der Waals surface area contributed by atoms with Crippen molar-refractivity contribution in [3.05, 3.63) is 29.8 Å². The summed E-state index contributed by atoms with van der Waals surface area (Å²) in [6, 6.07) is 6.16. The zero-order valence-corrected chi connectivity index (χ0v) is 11.0. The molecule has 6 nitrogen and oxygen atoms in total. The van der Waals surface area contributed by atoms with Crippen LogP contribution in [0, 0.1) is 0 Å². The molecule has 0 spiro atoms. The third-order valence-electron chi connectivity index (χ3n) is 2.82. The number of aliphatic hydroxyl groups is 1. The number of likely N-dealkylation sites (N-methyl/N-ethyl adjacent to an activating group) is 1. The van der Waals surface area contributed by atoms with Gasteiger partial charge in [-0.05, 0) is 19.1 Å². The van der Waals surface area contributed by atoms with Crippen molar-refractivity contribution >= 4 is 11.8 Å². The predicted octanol–water partition coefficient (Wildman–Crippen LogP) is 0.00350. The van der Waals surface area contributed by atoms with Crippen LogP contribution in [-0.4, -0.2) is 48.1 Å². The van der Waals surface area contributed by atoms with Gasteiger partial charge in [0.25, 0.3) is 11.8 Å². The Bertz CT molecular complexity index is 462. The lowest BCUT2D eigenvalue weighted by atomic mass is 10.2. The van der Waals surface area contributed by atoms with Crippen molar-refractivity contribution in [2.75, 3.05) is 20.3 Å². The highest BCUT2D eigenvalue weighted by atomic mass is 16.5. The molecule has 1 aromatic carbocycles. The second-order valence-corrected chi connectivity index (χ2v) is 4.19. The second kappa shape index (κ2) is 6.75. The van der Waals surface area contributed by atoms with E-state index in [0.717, 1.165) is 0 Å². The van der Waals surface area contributed by atoms with Gasteiger partial charge in [0.15, 0.2) is 6.61 Å². The molecule has 0 radical (unpaired) electrons. The van der Waals surface area contributed by atoms with E-state index in [1.807, 2.05) is 0 Å². The van der Waals surface area contributed by atoms with Gasteiger partial charge in [0.2, 0.25) is 0 Å². The summed E-state index contributed by atoms with van der Waals surface area (Å²) in [7, 11) is 1.58. The minimum atomic E-state index is -0.611. The highest BCUT2D eigenvalue weighted by Gasteiger charge is 2.16. The van der Waals surface area contributed by atoms with E-state index < -0.39 is 5.91 Å². The Labute approximate surface area is 111 Å². The maximum atomic E-state index is 11.8. The Morgan fingerprint density at radius 2 is 2.05 bits per heavy atom. The largest absolute Gasteiger partial charge is 0.483 e. The van der Waals surface area contributed by atoms with E-state index in [1.165, 1.54) is 11.0 Å². The van der Waals surface area contributed by atoms with Gasteiger partial charge in [-0.15, -0.1) is 0 Å². The SMILES string of the molecule is CC(CO)N(C)C(=O)COc1ccccc1C(N)=O. The number of carbonyl (C=O) groups is 2. The molecule has 2 amide bonds. The Morgan fingerprint density at radius 3 is 2.63 bits per heavy atom. The maximum absolute atomic E-state index is 11.8. The minimum Gasteiger partial charge on any atom is -0.483 e. The summed E-state index contributed by atoms with van der Waals surface area (Å²) in [6.07, 6.45) is 0. The first-order chi connectivity index (χ1) is 8.97. The van der Waals surface area contributed by atoms with Gasteiger partial charge in [-0.25, -0.2) is 0 Å². The number of aliphatic hydroxyl groups excluding tert-OH is 1. The van der Waals surface area contributed by atoms with E-state index in [1.54, 1.807) is 32.2 Å². The van der Waals surface area contributed by atoms with E-state index in [0.29, 0.717) is 0 Å². The van der Waals surface area contributed by atoms with Crippen LogP contribution in [0.3, 0.4) is 0 Å². The van der Waals surface area contributed by atoms with Crippen molar-refractivity contribution in [2.45, 2.75) is 13.0 Å². The van der Waals surface area contributed by atoms with E-state index in [9.17, 15) is 9.59 Å². The number of rotatable bonds is 6. The molecule has 0 aliphatic carbocycles. The van der Waals surface area contributed by atoms with Crippen LogP contribution < -0.4 is 10.5 Å². The van der Waals surface area contributed by atoms with Crippen LogP contribution >= 0.6 is 0 Å². The van der Waals surface area contributed by atoms with Crippen molar-refractivity contribution in [1.82, 2.24) is 4.90 Å². The van der Waals surface area contributed by atoms with Gasteiger partial charge in [-0.3, -0.25) is 9.59 Å². The lowest BCUT2D eigenvalue weighted by Gasteiger charge is -2.23. The van der Waals surface area contributed by atoms with Crippen LogP contribution in [0.1, 0.15) is 17.3 Å². The van der Waals surface area contributed by atoms with Crippen molar-refractivity contribution in [3.63, 3.8) is 0 Å². The number of nitrogens with two attached hydrogens (primary N) is 1. The van der Waals surface area contributed by atoms with Gasteiger partial charge in [-0.2, -0.15) is 0 Å². The molecule has 0 heterocycles. The molecule has 0 bridgehead atoms. The summed E-state index contributed by atoms with van der Waals surface area (Å²) in [5.41, 5.74) is 5.43. The number of hydrogen-bond donors (Lipinski definition) is 2. The zero-order chi connectivity index (χ0) is 14.4. The van der Waals surface area contributed by atoms with E-state index in [4.69, 9.17) is 15.6 Å². The van der Waals surface area contributed by atoms with Crippen molar-refractivity contribution in [1.29, 1.82) is 0 Å². The number of nitrogens with zero attached hydrogens (tertiary/aromatic N) is 1. The first-order valence-corrected chi connectivity index (χ1v) is 5.85. The second-order valence-electron chi connectivity index (χ2n) is 4.19. The topological polar surface area (TPSA) is 92.9 Å². The molecule has 0 aliphatic heterocycles. The molecule has 104 valence electrons. The molecular formula is C13H18N2O4. The third-order valence-corrected chi connectivity index (χ3v) is 2.82. The van der Waals surface area contributed by atoms with Gasteiger partial charge < -0.3 is 20.5 Å². The average molecular weight is 266 g/mol. The first kappa shape index (κ1) is 15.0. The van der Waals surface area contributed by atoms with Gasteiger partial charge in [0.05, 0.1) is 18.2 Å². The fourth-order valence-electron chi connectivity index (χ4n) is 1.41. The van der Waals surface area contributed by atoms with E-state index in [-0.39, 0.29) is 36.5 Å². The lowest BCUT2D eigenvalue weighted by molar-refractivity contribution is -0.134. The molecule has 0 saturated heterocycles. The standard InChI is InChI=1S/C13H18N2O4/c1-9(7-16)15(2)12(17)8-19-11-6-4-3-5-10(11)13(14)18/h3-6,9,16H,7-8H2,1-2H3,(H2,14,18). The normalized spacial score (nSPS) is 11.7. The number of carbonyl (C=O) groups excluding carboxylic acids is 2. The third kappa shape index (κ3) is 3.96. The quantitative estimate of drug-likeness (QED) is 0.758. The Morgan fingerprint density at radius 1 is 1.42 bits per heavy atom. The van der Waals surface area contributed by atoms with Crippen LogP contribution in [-0.2, 0) is 4.79 Å². The van der Waals surface area contributed by atoms with Gasteiger partial charge in [0, 0.05) is 7.05 Å². The smallest absolute Gasteiger partial charge is 0.260 e. The summed E-state index contributed by atoms with van der Waals surface area (Å²) in [6.45, 7) is 1.38. The first-order valence-electron chi connectivity index (χ1n) is 5.85. The number of amides is 2. The predicted molar refractivity (Wildman–Crippen MR) is 69.8 cm³/mol. The molecule has 1 rings (SSSR count). The van der Waals surface area contributed by atoms with Crippen LogP contribution in [0.5, 0.6) is 5.75 Å². The summed E-state index contributed by atoms with van der Waals surface area (Å²) in [5, 5.41) is 8.96. The molecule has 0 fully saturated rings. The molecule has 0 saturated carbocycles. The number of primary amides is 1. The fourth-order valence-corrected chi connectivity index (χ4v) is 1.41. The molecule has 1 aromatic rings. The highest BCUT2D eigenvalue weighted by Crippen LogP contribution is 2.17. The molecule has 1 atom stereocenters. The molecule has 1 unspecified atom stereocenters. The van der Waals surface area contributed by atoms with Crippen molar-refractivity contribution < 1.29 is 19.4 Å². The van der Waals surface area contributed by atoms with Crippen LogP contribution in [0.2, 0.25) is 0 Å². The fraction of sp³-hybridized carbons (Fsp3) is 0.385. The van der Waals surface area contributed by atoms with Crippen molar-refractivity contribution in [3.8, 4) is 5.75 Å². The van der Waals surface area contributed by atoms with E-state index >= 15 is 0 Å². The van der Waals surface area contributed by atoms with Crippen LogP contribution in [0.15, 0.2) is 24.3 Å². The highest BCUT2D eigenvalue weighted by molar-refractivity contribution is 5.95. The molecule has 0 aliphatic rings. The Hall–Kier alpha value is -2.08. The van der Waals surface area contributed by atoms with Gasteiger partial charge >= 0.3 is 0 Å². The Balaban J connectivity index is 2.67. The van der Waals surface area contributed by atoms with Gasteiger partial charge in [0.1, 0.15) is 5.75 Å². The monoisotopic (exact) mass is 266 g/mol. The maximum Gasteiger partial charge on any atom is 0.260 e. The molecule has 0 aromatic heterocycles. The van der Waals surface area contributed by atoms with Gasteiger partial charge in [-0.1, -0.05) is 12.1 Å². The lowest BCUT2D eigenvalue weighted by Crippen LogP contribution is -2.40. The zero-order valence-electron chi connectivity index (χ0n) is 11.0. The molecular weight excluding hydrogens is 248 g/mol. The number of ether oxygens (including phenoxy) is 1. The summed E-state index contributed by atoms with van der Waals surface area (Å²) < 4.78 is 5.30. The van der Waals surface area contributed by atoms with E-state index in [2.05, 4.69) is 0 Å².